The highest BCUT2D eigenvalue weighted by atomic mass is 32.1. The lowest BCUT2D eigenvalue weighted by atomic mass is 10.1. The van der Waals surface area contributed by atoms with Crippen molar-refractivity contribution in [1.82, 2.24) is 4.98 Å². The number of nitrogens with zero attached hydrogens (tertiary/aromatic N) is 1. The third-order valence-corrected chi connectivity index (χ3v) is 3.99. The predicted octanol–water partition coefficient (Wildman–Crippen LogP) is 2.48. The second kappa shape index (κ2) is 6.77. The lowest BCUT2D eigenvalue weighted by Crippen LogP contribution is -2.03. The molecule has 0 aliphatic carbocycles. The average Bonchev–Trinajstić information content (AvgIpc) is 2.84. The highest BCUT2D eigenvalue weighted by Gasteiger charge is 2.19. The maximum Gasteiger partial charge on any atom is 0.134 e. The van der Waals surface area contributed by atoms with Gasteiger partial charge in [-0.3, -0.25) is 0 Å². The van der Waals surface area contributed by atoms with Gasteiger partial charge in [0.25, 0.3) is 0 Å². The van der Waals surface area contributed by atoms with Gasteiger partial charge in [0.15, 0.2) is 0 Å². The molecule has 0 aliphatic heterocycles. The highest BCUT2D eigenvalue weighted by Crippen LogP contribution is 2.30. The van der Waals surface area contributed by atoms with E-state index < -0.39 is 0 Å². The maximum atomic E-state index is 5.75. The van der Waals surface area contributed by atoms with Gasteiger partial charge in [-0.2, -0.15) is 0 Å². The monoisotopic (exact) mass is 278 g/mol. The van der Waals surface area contributed by atoms with Crippen molar-refractivity contribution < 1.29 is 9.47 Å². The molecule has 0 spiro atoms. The van der Waals surface area contributed by atoms with Gasteiger partial charge >= 0.3 is 0 Å². The van der Waals surface area contributed by atoms with Crippen LogP contribution in [0.3, 0.4) is 0 Å². The summed E-state index contributed by atoms with van der Waals surface area (Å²) in [6.07, 6.45) is -0.151. The number of thiazole rings is 1. The van der Waals surface area contributed by atoms with E-state index in [0.29, 0.717) is 13.2 Å². The third kappa shape index (κ3) is 3.19. The smallest absolute Gasteiger partial charge is 0.134 e. The average molecular weight is 278 g/mol. The quantitative estimate of drug-likeness (QED) is 0.882. The van der Waals surface area contributed by atoms with Gasteiger partial charge in [-0.15, -0.1) is 11.3 Å². The Morgan fingerprint density at radius 2 is 2.00 bits per heavy atom. The standard InChI is InChI=1S/C14H18N2O2S/c1-17-9-11-12(8-15)19-14(16-11)13(18-2)10-6-4-3-5-7-10/h3-7,13H,8-9,15H2,1-2H3. The number of ether oxygens (including phenoxy) is 2. The zero-order valence-electron chi connectivity index (χ0n) is 11.1. The molecule has 1 aromatic heterocycles. The molecule has 1 atom stereocenters. The van der Waals surface area contributed by atoms with Gasteiger partial charge < -0.3 is 15.2 Å². The van der Waals surface area contributed by atoms with Crippen LogP contribution in [-0.4, -0.2) is 19.2 Å². The molecule has 1 unspecified atom stereocenters. The molecule has 19 heavy (non-hydrogen) atoms. The molecule has 0 aliphatic rings. The summed E-state index contributed by atoms with van der Waals surface area (Å²) in [5, 5.41) is 0.918. The summed E-state index contributed by atoms with van der Waals surface area (Å²) < 4.78 is 10.7. The van der Waals surface area contributed by atoms with Crippen molar-refractivity contribution in [3.63, 3.8) is 0 Å². The predicted molar refractivity (Wildman–Crippen MR) is 76.0 cm³/mol. The minimum Gasteiger partial charge on any atom is -0.378 e. The van der Waals surface area contributed by atoms with E-state index in [1.54, 1.807) is 25.6 Å². The molecule has 2 aromatic rings. The molecule has 0 fully saturated rings. The molecule has 4 nitrogen and oxygen atoms in total. The minimum absolute atomic E-state index is 0.151. The second-order valence-corrected chi connectivity index (χ2v) is 5.20. The van der Waals surface area contributed by atoms with E-state index in [1.165, 1.54) is 0 Å². The summed E-state index contributed by atoms with van der Waals surface area (Å²) in [6, 6.07) is 10.0. The van der Waals surface area contributed by atoms with Crippen molar-refractivity contribution in [3.05, 3.63) is 51.5 Å². The van der Waals surface area contributed by atoms with E-state index in [9.17, 15) is 0 Å². The summed E-state index contributed by atoms with van der Waals surface area (Å²) in [7, 11) is 3.35. The van der Waals surface area contributed by atoms with Crippen molar-refractivity contribution >= 4 is 11.3 Å². The fourth-order valence-corrected chi connectivity index (χ4v) is 2.99. The largest absolute Gasteiger partial charge is 0.378 e. The first-order chi connectivity index (χ1) is 9.30. The van der Waals surface area contributed by atoms with Gasteiger partial charge in [-0.1, -0.05) is 30.3 Å². The number of rotatable bonds is 6. The number of methoxy groups -OCH3 is 2. The van der Waals surface area contributed by atoms with Crippen LogP contribution in [-0.2, 0) is 22.6 Å². The third-order valence-electron chi connectivity index (χ3n) is 2.82. The summed E-state index contributed by atoms with van der Waals surface area (Å²) in [5.74, 6) is 0. The highest BCUT2D eigenvalue weighted by molar-refractivity contribution is 7.11. The summed E-state index contributed by atoms with van der Waals surface area (Å²) >= 11 is 1.59. The summed E-state index contributed by atoms with van der Waals surface area (Å²) in [5.41, 5.74) is 7.74. The van der Waals surface area contributed by atoms with Gasteiger partial charge in [0, 0.05) is 25.6 Å². The molecular formula is C14H18N2O2S. The van der Waals surface area contributed by atoms with Crippen LogP contribution in [0.4, 0.5) is 0 Å². The first kappa shape index (κ1) is 14.1. The topological polar surface area (TPSA) is 57.4 Å². The molecule has 0 saturated carbocycles. The lowest BCUT2D eigenvalue weighted by Gasteiger charge is -2.12. The molecule has 0 radical (unpaired) electrons. The van der Waals surface area contributed by atoms with Crippen molar-refractivity contribution in [2.75, 3.05) is 14.2 Å². The Morgan fingerprint density at radius 1 is 1.26 bits per heavy atom. The zero-order chi connectivity index (χ0) is 13.7. The molecule has 0 saturated heterocycles. The van der Waals surface area contributed by atoms with Crippen molar-refractivity contribution in [3.8, 4) is 0 Å². The number of benzene rings is 1. The number of nitrogens with two attached hydrogens (primary N) is 1. The van der Waals surface area contributed by atoms with E-state index in [1.807, 2.05) is 30.3 Å². The fourth-order valence-electron chi connectivity index (χ4n) is 1.93. The normalized spacial score (nSPS) is 12.6. The van der Waals surface area contributed by atoms with E-state index in [-0.39, 0.29) is 6.10 Å². The summed E-state index contributed by atoms with van der Waals surface area (Å²) in [4.78, 5) is 5.66. The molecule has 5 heteroatoms. The molecule has 2 rings (SSSR count). The van der Waals surface area contributed by atoms with Crippen LogP contribution < -0.4 is 5.73 Å². The van der Waals surface area contributed by atoms with Crippen LogP contribution >= 0.6 is 11.3 Å². The van der Waals surface area contributed by atoms with E-state index in [4.69, 9.17) is 15.2 Å². The molecular weight excluding hydrogens is 260 g/mol. The van der Waals surface area contributed by atoms with Crippen LogP contribution in [0.15, 0.2) is 30.3 Å². The zero-order valence-corrected chi connectivity index (χ0v) is 11.9. The Labute approximate surface area is 117 Å². The molecule has 102 valence electrons. The molecule has 1 aromatic carbocycles. The lowest BCUT2D eigenvalue weighted by molar-refractivity contribution is 0.135. The number of aromatic nitrogens is 1. The van der Waals surface area contributed by atoms with E-state index >= 15 is 0 Å². The van der Waals surface area contributed by atoms with Crippen LogP contribution in [0.1, 0.15) is 27.2 Å². The Bertz CT molecular complexity index is 513. The minimum atomic E-state index is -0.151. The fraction of sp³-hybridized carbons (Fsp3) is 0.357. The first-order valence-electron chi connectivity index (χ1n) is 6.05. The molecule has 1 heterocycles. The Kier molecular flexibility index (Phi) is 5.04. The van der Waals surface area contributed by atoms with Crippen molar-refractivity contribution in [1.29, 1.82) is 0 Å². The van der Waals surface area contributed by atoms with E-state index in [2.05, 4.69) is 4.98 Å². The van der Waals surface area contributed by atoms with Crippen LogP contribution in [0.5, 0.6) is 0 Å². The van der Waals surface area contributed by atoms with Crippen LogP contribution in [0.2, 0.25) is 0 Å². The van der Waals surface area contributed by atoms with Crippen molar-refractivity contribution in [2.45, 2.75) is 19.3 Å². The molecule has 2 N–H and O–H groups in total. The Morgan fingerprint density at radius 3 is 2.58 bits per heavy atom. The van der Waals surface area contributed by atoms with Gasteiger partial charge in [-0.25, -0.2) is 4.98 Å². The molecule has 0 bridgehead atoms. The molecule has 0 amide bonds. The van der Waals surface area contributed by atoms with Gasteiger partial charge in [-0.05, 0) is 5.56 Å². The van der Waals surface area contributed by atoms with Crippen LogP contribution in [0.25, 0.3) is 0 Å². The number of hydrogen-bond acceptors (Lipinski definition) is 5. The first-order valence-corrected chi connectivity index (χ1v) is 6.87. The number of hydrogen-bond donors (Lipinski definition) is 1. The Hall–Kier alpha value is -1.27. The van der Waals surface area contributed by atoms with Crippen molar-refractivity contribution in [2.24, 2.45) is 5.73 Å². The van der Waals surface area contributed by atoms with Gasteiger partial charge in [0.05, 0.1) is 12.3 Å². The maximum absolute atomic E-state index is 5.75. The summed E-state index contributed by atoms with van der Waals surface area (Å²) in [6.45, 7) is 0.954. The second-order valence-electron chi connectivity index (χ2n) is 4.09. The van der Waals surface area contributed by atoms with Crippen LogP contribution in [0, 0.1) is 0 Å². The SMILES string of the molecule is COCc1nc(C(OC)c2ccccc2)sc1CN. The van der Waals surface area contributed by atoms with Gasteiger partial charge in [0.1, 0.15) is 11.1 Å². The van der Waals surface area contributed by atoms with Gasteiger partial charge in [0.2, 0.25) is 0 Å². The van der Waals surface area contributed by atoms with E-state index in [0.717, 1.165) is 21.1 Å². The Balaban J connectivity index is 2.33.